The molecule has 0 spiro atoms. The summed E-state index contributed by atoms with van der Waals surface area (Å²) in [5, 5.41) is 10.7. The molecule has 1 fully saturated rings. The third kappa shape index (κ3) is 2.65. The Morgan fingerprint density at radius 1 is 1.53 bits per heavy atom. The number of hydrogen-bond acceptors (Lipinski definition) is 2. The van der Waals surface area contributed by atoms with E-state index < -0.39 is 10.7 Å². The van der Waals surface area contributed by atoms with E-state index >= 15 is 0 Å². The van der Waals surface area contributed by atoms with Gasteiger partial charge in [-0.2, -0.15) is 0 Å². The highest BCUT2D eigenvalue weighted by molar-refractivity contribution is 9.09. The van der Waals surface area contributed by atoms with Gasteiger partial charge in [0, 0.05) is 10.9 Å². The van der Waals surface area contributed by atoms with E-state index in [2.05, 4.69) is 22.9 Å². The highest BCUT2D eigenvalue weighted by Crippen LogP contribution is 2.53. The van der Waals surface area contributed by atoms with Crippen molar-refractivity contribution in [3.63, 3.8) is 0 Å². The number of non-ortho nitro benzene ring substituents is 1. The van der Waals surface area contributed by atoms with Crippen LogP contribution in [0.1, 0.15) is 25.3 Å². The summed E-state index contributed by atoms with van der Waals surface area (Å²) in [6, 6.07) is 3.82. The lowest BCUT2D eigenvalue weighted by Crippen LogP contribution is -2.15. The van der Waals surface area contributed by atoms with Crippen LogP contribution in [-0.2, 0) is 6.42 Å². The standard InChI is InChI=1S/C12H13BrFNO2/c1-8(13)12(2-3-12)7-9-4-10(14)6-11(5-9)15(16)17/h4-6,8H,2-3,7H2,1H3. The zero-order chi connectivity index (χ0) is 12.6. The van der Waals surface area contributed by atoms with Gasteiger partial charge in [0.05, 0.1) is 11.0 Å². The van der Waals surface area contributed by atoms with E-state index in [-0.39, 0.29) is 11.1 Å². The second kappa shape index (κ2) is 4.37. The first-order valence-corrected chi connectivity index (χ1v) is 6.42. The molecule has 1 aromatic rings. The molecule has 1 aliphatic rings. The summed E-state index contributed by atoms with van der Waals surface area (Å²) in [4.78, 5) is 10.4. The Morgan fingerprint density at radius 3 is 2.65 bits per heavy atom. The van der Waals surface area contributed by atoms with Gasteiger partial charge >= 0.3 is 0 Å². The van der Waals surface area contributed by atoms with E-state index in [9.17, 15) is 14.5 Å². The third-order valence-corrected chi connectivity index (χ3v) is 4.42. The molecule has 2 rings (SSSR count). The van der Waals surface area contributed by atoms with E-state index in [1.165, 1.54) is 12.1 Å². The molecule has 0 aliphatic heterocycles. The summed E-state index contributed by atoms with van der Waals surface area (Å²) in [6.45, 7) is 2.07. The second-order valence-corrected chi connectivity index (χ2v) is 6.10. The van der Waals surface area contributed by atoms with Crippen LogP contribution in [0.15, 0.2) is 18.2 Å². The molecule has 17 heavy (non-hydrogen) atoms. The van der Waals surface area contributed by atoms with Gasteiger partial charge in [0.15, 0.2) is 0 Å². The number of benzene rings is 1. The Bertz CT molecular complexity index is 458. The van der Waals surface area contributed by atoms with Crippen molar-refractivity contribution in [1.29, 1.82) is 0 Å². The Balaban J connectivity index is 2.24. The lowest BCUT2D eigenvalue weighted by molar-refractivity contribution is -0.385. The molecule has 0 saturated heterocycles. The van der Waals surface area contributed by atoms with E-state index in [0.29, 0.717) is 16.8 Å². The van der Waals surface area contributed by atoms with Crippen LogP contribution >= 0.6 is 15.9 Å². The first-order chi connectivity index (χ1) is 7.93. The van der Waals surface area contributed by atoms with Crippen LogP contribution in [0.25, 0.3) is 0 Å². The molecule has 0 aromatic heterocycles. The van der Waals surface area contributed by atoms with Gasteiger partial charge in [-0.3, -0.25) is 10.1 Å². The summed E-state index contributed by atoms with van der Waals surface area (Å²) in [5.74, 6) is -0.535. The maximum absolute atomic E-state index is 13.3. The maximum atomic E-state index is 13.3. The van der Waals surface area contributed by atoms with Gasteiger partial charge in [0.2, 0.25) is 0 Å². The van der Waals surface area contributed by atoms with E-state index in [4.69, 9.17) is 0 Å². The first-order valence-electron chi connectivity index (χ1n) is 5.51. The number of nitrogens with zero attached hydrogens (tertiary/aromatic N) is 1. The number of hydrogen-bond donors (Lipinski definition) is 0. The molecule has 1 unspecified atom stereocenters. The van der Waals surface area contributed by atoms with Crippen LogP contribution < -0.4 is 0 Å². The summed E-state index contributed by atoms with van der Waals surface area (Å²) < 4.78 is 13.3. The fraction of sp³-hybridized carbons (Fsp3) is 0.500. The quantitative estimate of drug-likeness (QED) is 0.482. The van der Waals surface area contributed by atoms with Gasteiger partial charge in [-0.05, 0) is 36.3 Å². The minimum Gasteiger partial charge on any atom is -0.258 e. The fourth-order valence-corrected chi connectivity index (χ4v) is 2.74. The fourth-order valence-electron chi connectivity index (χ4n) is 2.12. The van der Waals surface area contributed by atoms with Gasteiger partial charge in [0.25, 0.3) is 5.69 Å². The van der Waals surface area contributed by atoms with Crippen molar-refractivity contribution in [3.8, 4) is 0 Å². The Morgan fingerprint density at radius 2 is 2.18 bits per heavy atom. The van der Waals surface area contributed by atoms with Crippen LogP contribution in [0.2, 0.25) is 0 Å². The van der Waals surface area contributed by atoms with Crippen molar-refractivity contribution < 1.29 is 9.31 Å². The Labute approximate surface area is 107 Å². The zero-order valence-corrected chi connectivity index (χ0v) is 11.0. The molecule has 1 atom stereocenters. The van der Waals surface area contributed by atoms with Crippen molar-refractivity contribution in [1.82, 2.24) is 0 Å². The minimum absolute atomic E-state index is 0.154. The summed E-state index contributed by atoms with van der Waals surface area (Å²) in [6.07, 6.45) is 2.87. The number of halogens is 2. The van der Waals surface area contributed by atoms with E-state index in [1.807, 2.05) is 0 Å². The minimum atomic E-state index is -0.552. The van der Waals surface area contributed by atoms with Crippen molar-refractivity contribution in [3.05, 3.63) is 39.7 Å². The van der Waals surface area contributed by atoms with Crippen molar-refractivity contribution in [2.24, 2.45) is 5.41 Å². The Kier molecular flexibility index (Phi) is 3.21. The molecular formula is C12H13BrFNO2. The van der Waals surface area contributed by atoms with E-state index in [0.717, 1.165) is 18.9 Å². The average Bonchev–Trinajstić information content (AvgIpc) is 2.97. The zero-order valence-electron chi connectivity index (χ0n) is 9.45. The molecule has 92 valence electrons. The summed E-state index contributed by atoms with van der Waals surface area (Å²) in [7, 11) is 0. The van der Waals surface area contributed by atoms with Crippen LogP contribution in [-0.4, -0.2) is 9.75 Å². The largest absolute Gasteiger partial charge is 0.272 e. The summed E-state index contributed by atoms with van der Waals surface area (Å²) >= 11 is 3.55. The topological polar surface area (TPSA) is 43.1 Å². The number of nitro groups is 1. The Hall–Kier alpha value is -0.970. The SMILES string of the molecule is CC(Br)C1(Cc2cc(F)cc([N+](=O)[O-])c2)CC1. The first kappa shape index (κ1) is 12.5. The van der Waals surface area contributed by atoms with E-state index in [1.54, 1.807) is 0 Å². The van der Waals surface area contributed by atoms with Crippen molar-refractivity contribution in [2.45, 2.75) is 31.0 Å². The molecular weight excluding hydrogens is 289 g/mol. The molecule has 5 heteroatoms. The number of rotatable bonds is 4. The second-order valence-electron chi connectivity index (χ2n) is 4.73. The molecule has 3 nitrogen and oxygen atoms in total. The van der Waals surface area contributed by atoms with Gasteiger partial charge in [0.1, 0.15) is 5.82 Å². The number of nitro benzene ring substituents is 1. The van der Waals surface area contributed by atoms with Crippen molar-refractivity contribution in [2.75, 3.05) is 0 Å². The molecule has 1 saturated carbocycles. The summed E-state index contributed by atoms with van der Waals surface area (Å²) in [5.41, 5.74) is 0.695. The smallest absolute Gasteiger partial charge is 0.258 e. The third-order valence-electron chi connectivity index (χ3n) is 3.45. The van der Waals surface area contributed by atoms with Crippen LogP contribution in [0.3, 0.4) is 0 Å². The molecule has 1 aromatic carbocycles. The normalized spacial score (nSPS) is 18.8. The van der Waals surface area contributed by atoms with Crippen LogP contribution in [0.4, 0.5) is 10.1 Å². The van der Waals surface area contributed by atoms with Crippen molar-refractivity contribution >= 4 is 21.6 Å². The molecule has 0 amide bonds. The van der Waals surface area contributed by atoms with Gasteiger partial charge in [-0.15, -0.1) is 0 Å². The van der Waals surface area contributed by atoms with Crippen LogP contribution in [0.5, 0.6) is 0 Å². The molecule has 1 aliphatic carbocycles. The average molecular weight is 302 g/mol. The highest BCUT2D eigenvalue weighted by Gasteiger charge is 2.46. The maximum Gasteiger partial charge on any atom is 0.272 e. The predicted octanol–water partition coefficient (Wildman–Crippen LogP) is 3.84. The molecule has 0 bridgehead atoms. The molecule has 0 radical (unpaired) electrons. The predicted molar refractivity (Wildman–Crippen MR) is 66.8 cm³/mol. The highest BCUT2D eigenvalue weighted by atomic mass is 79.9. The number of alkyl halides is 1. The lowest BCUT2D eigenvalue weighted by Gasteiger charge is -2.17. The molecule has 0 N–H and O–H groups in total. The lowest BCUT2D eigenvalue weighted by atomic mass is 9.93. The monoisotopic (exact) mass is 301 g/mol. The van der Waals surface area contributed by atoms with Crippen LogP contribution in [0, 0.1) is 21.3 Å². The van der Waals surface area contributed by atoms with Gasteiger partial charge < -0.3 is 0 Å². The van der Waals surface area contributed by atoms with Gasteiger partial charge in [-0.25, -0.2) is 4.39 Å². The molecule has 0 heterocycles. The van der Waals surface area contributed by atoms with Gasteiger partial charge in [-0.1, -0.05) is 22.9 Å².